The average Bonchev–Trinajstić information content (AvgIpc) is 3.18. The lowest BCUT2D eigenvalue weighted by Crippen LogP contribution is -2.33. The topological polar surface area (TPSA) is 59.0 Å². The Balaban J connectivity index is 1.72. The zero-order valence-corrected chi connectivity index (χ0v) is 16.5. The van der Waals surface area contributed by atoms with Crippen molar-refractivity contribution in [2.75, 3.05) is 5.01 Å². The van der Waals surface area contributed by atoms with Crippen molar-refractivity contribution < 1.29 is 36.3 Å². The third kappa shape index (κ3) is 4.84. The minimum Gasteiger partial charge on any atom is -0.406 e. The lowest BCUT2D eigenvalue weighted by molar-refractivity contribution is -0.274. The Morgan fingerprint density at radius 1 is 1.20 bits per heavy atom. The highest BCUT2D eigenvalue weighted by Crippen LogP contribution is 2.33. The van der Waals surface area contributed by atoms with Crippen LogP contribution in [0.15, 0.2) is 40.8 Å². The number of rotatable bonds is 6. The highest BCUT2D eigenvalue weighted by atomic mass is 32.1. The fourth-order valence-electron chi connectivity index (χ4n) is 2.91. The number of ether oxygens (including phenoxy) is 1. The molecule has 1 unspecified atom stereocenters. The highest BCUT2D eigenvalue weighted by molar-refractivity contribution is 7.10. The second-order valence-electron chi connectivity index (χ2n) is 6.72. The Morgan fingerprint density at radius 3 is 2.37 bits per heavy atom. The Kier molecular flexibility index (Phi) is 5.68. The molecule has 1 atom stereocenters. The summed E-state index contributed by atoms with van der Waals surface area (Å²) < 4.78 is 67.3. The monoisotopic (exact) mass is 446 g/mol. The highest BCUT2D eigenvalue weighted by Gasteiger charge is 2.40. The van der Waals surface area contributed by atoms with Crippen LogP contribution in [0.3, 0.4) is 0 Å². The summed E-state index contributed by atoms with van der Waals surface area (Å²) in [6.45, 7) is 2.23. The number of hydrogen-bond acceptors (Lipinski definition) is 5. The second kappa shape index (κ2) is 7.78. The molecule has 0 aliphatic carbocycles. The van der Waals surface area contributed by atoms with Gasteiger partial charge in [-0.1, -0.05) is 0 Å². The van der Waals surface area contributed by atoms with Gasteiger partial charge in [-0.15, -0.1) is 24.5 Å². The molecule has 1 amide bonds. The van der Waals surface area contributed by atoms with E-state index in [9.17, 15) is 31.5 Å². The first-order valence-corrected chi connectivity index (χ1v) is 9.46. The number of carbonyl (C=O) groups excluding carboxylic acids is 2. The quantitative estimate of drug-likeness (QED) is 0.468. The molecule has 0 saturated heterocycles. The van der Waals surface area contributed by atoms with Gasteiger partial charge in [0.1, 0.15) is 11.7 Å². The molecule has 1 aliphatic rings. The van der Waals surface area contributed by atoms with Crippen LogP contribution in [-0.4, -0.2) is 23.8 Å². The van der Waals surface area contributed by atoms with Crippen LogP contribution in [0.4, 0.5) is 27.6 Å². The Labute approximate surface area is 171 Å². The van der Waals surface area contributed by atoms with E-state index in [0.29, 0.717) is 5.56 Å². The van der Waals surface area contributed by atoms with E-state index in [2.05, 4.69) is 9.84 Å². The number of halogens is 5. The van der Waals surface area contributed by atoms with Crippen molar-refractivity contribution in [3.63, 3.8) is 0 Å². The number of alkyl halides is 5. The second-order valence-corrected chi connectivity index (χ2v) is 7.63. The summed E-state index contributed by atoms with van der Waals surface area (Å²) in [6.07, 6.45) is -5.07. The normalized spacial score (nSPS) is 17.3. The van der Waals surface area contributed by atoms with Crippen LogP contribution in [0.2, 0.25) is 0 Å². The van der Waals surface area contributed by atoms with E-state index in [1.807, 2.05) is 0 Å². The maximum atomic E-state index is 13.4. The maximum Gasteiger partial charge on any atom is 0.573 e. The summed E-state index contributed by atoms with van der Waals surface area (Å²) >= 11 is 0.825. The zero-order valence-electron chi connectivity index (χ0n) is 15.7. The molecule has 5 nitrogen and oxygen atoms in total. The molecule has 0 radical (unpaired) electrons. The number of Topliss-reactive ketones (excluding diaryl/α,β-unsaturated/α-hetero) is 1. The predicted octanol–water partition coefficient (Wildman–Crippen LogP) is 4.91. The van der Waals surface area contributed by atoms with Crippen LogP contribution in [0.1, 0.15) is 24.3 Å². The molecule has 160 valence electrons. The number of ketones is 1. The van der Waals surface area contributed by atoms with Crippen LogP contribution in [0.5, 0.6) is 5.75 Å². The molecule has 3 rings (SSSR count). The molecule has 0 N–H and O–H groups in total. The van der Waals surface area contributed by atoms with E-state index < -0.39 is 35.6 Å². The molecule has 11 heteroatoms. The molecule has 2 aromatic rings. The number of benzene rings is 1. The van der Waals surface area contributed by atoms with Crippen molar-refractivity contribution in [3.8, 4) is 5.75 Å². The minimum atomic E-state index is -4.85. The van der Waals surface area contributed by atoms with Crippen molar-refractivity contribution in [1.29, 1.82) is 0 Å². The summed E-state index contributed by atoms with van der Waals surface area (Å²) in [7, 11) is 0. The summed E-state index contributed by atoms with van der Waals surface area (Å²) in [6, 6.07) is 5.68. The standard InChI is InChI=1S/C19H15F5N2O3S/c1-10-16(14(27)7-11-8-15(30-9-11)18(2,20)21)17(28)26(25-10)12-3-5-13(6-4-12)29-19(22,23)24/h3-6,8-9,16H,7H2,1-2H3. The van der Waals surface area contributed by atoms with Gasteiger partial charge in [0, 0.05) is 13.3 Å². The van der Waals surface area contributed by atoms with Crippen LogP contribution in [0.25, 0.3) is 0 Å². The Morgan fingerprint density at radius 2 is 1.83 bits per heavy atom. The van der Waals surface area contributed by atoms with Crippen LogP contribution in [-0.2, 0) is 21.9 Å². The molecule has 0 bridgehead atoms. The average molecular weight is 446 g/mol. The summed E-state index contributed by atoms with van der Waals surface area (Å²) in [5.41, 5.74) is 0.735. The largest absolute Gasteiger partial charge is 0.573 e. The lowest BCUT2D eigenvalue weighted by atomic mass is 9.94. The lowest BCUT2D eigenvalue weighted by Gasteiger charge is -2.15. The van der Waals surface area contributed by atoms with E-state index in [1.165, 1.54) is 30.5 Å². The molecule has 30 heavy (non-hydrogen) atoms. The summed E-state index contributed by atoms with van der Waals surface area (Å²) in [4.78, 5) is 25.1. The van der Waals surface area contributed by atoms with Crippen molar-refractivity contribution in [1.82, 2.24) is 0 Å². The third-order valence-corrected chi connectivity index (χ3v) is 5.38. The molecule has 0 spiro atoms. The van der Waals surface area contributed by atoms with Gasteiger partial charge in [-0.3, -0.25) is 9.59 Å². The van der Waals surface area contributed by atoms with Gasteiger partial charge in [-0.2, -0.15) is 10.1 Å². The summed E-state index contributed by atoms with van der Waals surface area (Å²) in [5, 5.41) is 6.40. The smallest absolute Gasteiger partial charge is 0.406 e. The number of hydrogen-bond donors (Lipinski definition) is 0. The first-order chi connectivity index (χ1) is 13.8. The maximum absolute atomic E-state index is 13.4. The van der Waals surface area contributed by atoms with Gasteiger partial charge in [0.05, 0.1) is 16.3 Å². The Hall–Kier alpha value is -2.82. The molecule has 0 saturated carbocycles. The number of thiophene rings is 1. The van der Waals surface area contributed by atoms with E-state index in [-0.39, 0.29) is 22.7 Å². The zero-order chi connectivity index (χ0) is 22.3. The number of anilines is 1. The van der Waals surface area contributed by atoms with Gasteiger partial charge in [-0.05, 0) is 48.2 Å². The third-order valence-electron chi connectivity index (χ3n) is 4.23. The van der Waals surface area contributed by atoms with Crippen molar-refractivity contribution in [2.45, 2.75) is 32.6 Å². The number of hydrazone groups is 1. The van der Waals surface area contributed by atoms with E-state index in [4.69, 9.17) is 0 Å². The van der Waals surface area contributed by atoms with Crippen LogP contribution >= 0.6 is 11.3 Å². The van der Waals surface area contributed by atoms with E-state index in [0.717, 1.165) is 35.4 Å². The van der Waals surface area contributed by atoms with Crippen LogP contribution in [0, 0.1) is 5.92 Å². The van der Waals surface area contributed by atoms with Gasteiger partial charge >= 0.3 is 6.36 Å². The molecule has 1 aromatic carbocycles. The molecular formula is C19H15F5N2O3S. The van der Waals surface area contributed by atoms with Gasteiger partial charge < -0.3 is 4.74 Å². The number of nitrogens with zero attached hydrogens (tertiary/aromatic N) is 2. The SMILES string of the molecule is CC1=NN(c2ccc(OC(F)(F)F)cc2)C(=O)C1C(=O)Cc1csc(C(C)(F)F)c1. The van der Waals surface area contributed by atoms with Gasteiger partial charge in [0.15, 0.2) is 5.78 Å². The first-order valence-electron chi connectivity index (χ1n) is 8.58. The van der Waals surface area contributed by atoms with Crippen LogP contribution < -0.4 is 9.75 Å². The molecule has 1 aliphatic heterocycles. The summed E-state index contributed by atoms with van der Waals surface area (Å²) in [5.74, 6) is -5.86. The fraction of sp³-hybridized carbons (Fsp3) is 0.316. The molecular weight excluding hydrogens is 431 g/mol. The van der Waals surface area contributed by atoms with Gasteiger partial charge in [0.25, 0.3) is 11.8 Å². The predicted molar refractivity (Wildman–Crippen MR) is 99.8 cm³/mol. The van der Waals surface area contributed by atoms with Crippen molar-refractivity contribution >= 4 is 34.4 Å². The molecule has 1 aromatic heterocycles. The van der Waals surface area contributed by atoms with E-state index >= 15 is 0 Å². The molecule has 0 fully saturated rings. The number of amides is 1. The van der Waals surface area contributed by atoms with Crippen molar-refractivity contribution in [2.24, 2.45) is 11.0 Å². The minimum absolute atomic E-state index is 0.160. The van der Waals surface area contributed by atoms with Crippen molar-refractivity contribution in [3.05, 3.63) is 46.2 Å². The fourth-order valence-corrected chi connectivity index (χ4v) is 3.77. The molecule has 2 heterocycles. The number of carbonyl (C=O) groups is 2. The van der Waals surface area contributed by atoms with E-state index in [1.54, 1.807) is 0 Å². The first kappa shape index (κ1) is 21.9. The van der Waals surface area contributed by atoms with Gasteiger partial charge in [-0.25, -0.2) is 8.78 Å². The Bertz CT molecular complexity index is 993. The van der Waals surface area contributed by atoms with Gasteiger partial charge in [0.2, 0.25) is 0 Å².